The molecule has 6 nitrogen and oxygen atoms in total. The molecule has 6 heteroatoms. The van der Waals surface area contributed by atoms with Crippen LogP contribution in [0, 0.1) is 0 Å². The molecule has 1 aromatic rings. The number of ether oxygens (including phenoxy) is 1. The van der Waals surface area contributed by atoms with E-state index in [1.54, 1.807) is 7.11 Å². The number of methoxy groups -OCH3 is 1. The van der Waals surface area contributed by atoms with Crippen molar-refractivity contribution in [2.24, 2.45) is 0 Å². The Balaban J connectivity index is 2.70. The molecule has 0 unspecified atom stereocenters. The van der Waals surface area contributed by atoms with Crippen LogP contribution in [-0.4, -0.2) is 36.3 Å². The zero-order valence-corrected chi connectivity index (χ0v) is 9.95. The Labute approximate surface area is 95.6 Å². The Morgan fingerprint density at radius 2 is 2.06 bits per heavy atom. The standard InChI is InChI=1S/C10H19N5O/c1-7(2)15-10-8(11)9(13-6-14-10)12-4-5-16-3/h6-7H,4-5,11H2,1-3H3,(H2,12,13,14,15). The number of nitrogens with zero attached hydrogens (tertiary/aromatic N) is 2. The number of rotatable bonds is 6. The summed E-state index contributed by atoms with van der Waals surface area (Å²) >= 11 is 0. The number of hydrogen-bond donors (Lipinski definition) is 3. The van der Waals surface area contributed by atoms with E-state index in [4.69, 9.17) is 10.5 Å². The number of aromatic nitrogens is 2. The van der Waals surface area contributed by atoms with Gasteiger partial charge in [0.1, 0.15) is 12.0 Å². The van der Waals surface area contributed by atoms with Crippen molar-refractivity contribution in [2.45, 2.75) is 19.9 Å². The molecule has 1 rings (SSSR count). The minimum Gasteiger partial charge on any atom is -0.393 e. The van der Waals surface area contributed by atoms with E-state index in [9.17, 15) is 0 Å². The van der Waals surface area contributed by atoms with Crippen molar-refractivity contribution in [3.8, 4) is 0 Å². The lowest BCUT2D eigenvalue weighted by atomic mass is 10.3. The van der Waals surface area contributed by atoms with Crippen molar-refractivity contribution in [1.29, 1.82) is 0 Å². The highest BCUT2D eigenvalue weighted by atomic mass is 16.5. The van der Waals surface area contributed by atoms with Crippen molar-refractivity contribution in [1.82, 2.24) is 9.97 Å². The number of nitrogen functional groups attached to an aromatic ring is 1. The third kappa shape index (κ3) is 3.54. The van der Waals surface area contributed by atoms with Gasteiger partial charge in [-0.05, 0) is 13.8 Å². The molecule has 0 radical (unpaired) electrons. The van der Waals surface area contributed by atoms with Gasteiger partial charge in [-0.2, -0.15) is 0 Å². The van der Waals surface area contributed by atoms with Crippen LogP contribution in [0.1, 0.15) is 13.8 Å². The van der Waals surface area contributed by atoms with Crippen LogP contribution < -0.4 is 16.4 Å². The minimum absolute atomic E-state index is 0.282. The van der Waals surface area contributed by atoms with Crippen LogP contribution >= 0.6 is 0 Å². The molecule has 0 spiro atoms. The van der Waals surface area contributed by atoms with Gasteiger partial charge >= 0.3 is 0 Å². The Hall–Kier alpha value is -1.56. The topological polar surface area (TPSA) is 85.1 Å². The van der Waals surface area contributed by atoms with Gasteiger partial charge in [-0.15, -0.1) is 0 Å². The first-order valence-electron chi connectivity index (χ1n) is 5.25. The Morgan fingerprint density at radius 3 is 2.69 bits per heavy atom. The highest BCUT2D eigenvalue weighted by molar-refractivity contribution is 5.74. The first-order chi connectivity index (χ1) is 7.65. The first-order valence-corrected chi connectivity index (χ1v) is 5.25. The summed E-state index contributed by atoms with van der Waals surface area (Å²) in [6.07, 6.45) is 1.48. The van der Waals surface area contributed by atoms with Gasteiger partial charge in [0.2, 0.25) is 0 Å². The maximum Gasteiger partial charge on any atom is 0.155 e. The Morgan fingerprint density at radius 1 is 1.38 bits per heavy atom. The summed E-state index contributed by atoms with van der Waals surface area (Å²) in [5, 5.41) is 6.24. The van der Waals surface area contributed by atoms with Crippen LogP contribution in [0.15, 0.2) is 6.33 Å². The second-order valence-electron chi connectivity index (χ2n) is 3.70. The summed E-state index contributed by atoms with van der Waals surface area (Å²) in [6, 6.07) is 0.282. The van der Waals surface area contributed by atoms with Crippen LogP contribution in [0.3, 0.4) is 0 Å². The summed E-state index contributed by atoms with van der Waals surface area (Å²) in [7, 11) is 1.65. The largest absolute Gasteiger partial charge is 0.393 e. The predicted molar refractivity (Wildman–Crippen MR) is 65.6 cm³/mol. The average Bonchev–Trinajstić information content (AvgIpc) is 2.23. The van der Waals surface area contributed by atoms with E-state index < -0.39 is 0 Å². The molecule has 16 heavy (non-hydrogen) atoms. The third-order valence-corrected chi connectivity index (χ3v) is 1.91. The van der Waals surface area contributed by atoms with Crippen LogP contribution in [0.4, 0.5) is 17.3 Å². The van der Waals surface area contributed by atoms with Gasteiger partial charge in [-0.3, -0.25) is 0 Å². The lowest BCUT2D eigenvalue weighted by Crippen LogP contribution is -2.16. The summed E-state index contributed by atoms with van der Waals surface area (Å²) < 4.78 is 4.94. The molecule has 0 aromatic carbocycles. The van der Waals surface area contributed by atoms with E-state index in [0.29, 0.717) is 30.5 Å². The van der Waals surface area contributed by atoms with Crippen molar-refractivity contribution in [2.75, 3.05) is 36.6 Å². The highest BCUT2D eigenvalue weighted by Crippen LogP contribution is 2.22. The molecule has 0 bridgehead atoms. The van der Waals surface area contributed by atoms with Crippen LogP contribution in [-0.2, 0) is 4.74 Å². The van der Waals surface area contributed by atoms with Gasteiger partial charge in [-0.1, -0.05) is 0 Å². The zero-order valence-electron chi connectivity index (χ0n) is 9.95. The van der Waals surface area contributed by atoms with Gasteiger partial charge in [0.25, 0.3) is 0 Å². The fourth-order valence-corrected chi connectivity index (χ4v) is 1.20. The van der Waals surface area contributed by atoms with Gasteiger partial charge in [0.05, 0.1) is 6.61 Å². The lowest BCUT2D eigenvalue weighted by Gasteiger charge is -2.14. The summed E-state index contributed by atoms with van der Waals surface area (Å²) in [4.78, 5) is 8.16. The summed E-state index contributed by atoms with van der Waals surface area (Å²) in [5.74, 6) is 1.29. The zero-order chi connectivity index (χ0) is 12.0. The van der Waals surface area contributed by atoms with E-state index in [0.717, 1.165) is 0 Å². The van der Waals surface area contributed by atoms with Crippen LogP contribution in [0.25, 0.3) is 0 Å². The highest BCUT2D eigenvalue weighted by Gasteiger charge is 2.07. The molecule has 0 amide bonds. The fourth-order valence-electron chi connectivity index (χ4n) is 1.20. The number of nitrogens with one attached hydrogen (secondary N) is 2. The predicted octanol–water partition coefficient (Wildman–Crippen LogP) is 0.937. The van der Waals surface area contributed by atoms with Crippen molar-refractivity contribution >= 4 is 17.3 Å². The van der Waals surface area contributed by atoms with E-state index in [1.165, 1.54) is 6.33 Å². The van der Waals surface area contributed by atoms with Crippen molar-refractivity contribution < 1.29 is 4.74 Å². The number of anilines is 3. The second-order valence-corrected chi connectivity index (χ2v) is 3.70. The molecule has 0 atom stereocenters. The van der Waals surface area contributed by atoms with Gasteiger partial charge in [0, 0.05) is 19.7 Å². The maximum absolute atomic E-state index is 5.92. The molecule has 1 aromatic heterocycles. The molecule has 0 saturated heterocycles. The van der Waals surface area contributed by atoms with Crippen molar-refractivity contribution in [3.05, 3.63) is 6.33 Å². The summed E-state index contributed by atoms with van der Waals surface area (Å²) in [6.45, 7) is 5.33. The first kappa shape index (κ1) is 12.5. The molecule has 4 N–H and O–H groups in total. The van der Waals surface area contributed by atoms with E-state index in [1.807, 2.05) is 13.8 Å². The average molecular weight is 225 g/mol. The second kappa shape index (κ2) is 6.12. The van der Waals surface area contributed by atoms with Crippen molar-refractivity contribution in [3.63, 3.8) is 0 Å². The molecule has 0 aliphatic carbocycles. The van der Waals surface area contributed by atoms with E-state index in [2.05, 4.69) is 20.6 Å². The molecule has 0 aliphatic rings. The monoisotopic (exact) mass is 225 g/mol. The molecule has 0 aliphatic heterocycles. The molecule has 90 valence electrons. The SMILES string of the molecule is COCCNc1ncnc(NC(C)C)c1N. The molecule has 0 fully saturated rings. The van der Waals surface area contributed by atoms with Gasteiger partial charge in [-0.25, -0.2) is 9.97 Å². The number of hydrogen-bond acceptors (Lipinski definition) is 6. The lowest BCUT2D eigenvalue weighted by molar-refractivity contribution is 0.210. The minimum atomic E-state index is 0.282. The fraction of sp³-hybridized carbons (Fsp3) is 0.600. The quantitative estimate of drug-likeness (QED) is 0.625. The van der Waals surface area contributed by atoms with Crippen LogP contribution in [0.5, 0.6) is 0 Å². The van der Waals surface area contributed by atoms with Gasteiger partial charge in [0.15, 0.2) is 11.6 Å². The normalized spacial score (nSPS) is 10.5. The molecule has 1 heterocycles. The third-order valence-electron chi connectivity index (χ3n) is 1.91. The Bertz CT molecular complexity index is 329. The summed E-state index contributed by atoms with van der Waals surface area (Å²) in [5.41, 5.74) is 6.46. The van der Waals surface area contributed by atoms with E-state index >= 15 is 0 Å². The number of nitrogens with two attached hydrogens (primary N) is 1. The smallest absolute Gasteiger partial charge is 0.155 e. The molecule has 0 saturated carbocycles. The van der Waals surface area contributed by atoms with Gasteiger partial charge < -0.3 is 21.1 Å². The van der Waals surface area contributed by atoms with E-state index in [-0.39, 0.29) is 6.04 Å². The maximum atomic E-state index is 5.92. The van der Waals surface area contributed by atoms with Crippen LogP contribution in [0.2, 0.25) is 0 Å². The molecular weight excluding hydrogens is 206 g/mol. The Kier molecular flexibility index (Phi) is 4.78. The molecular formula is C10H19N5O.